The molecule has 22 heteroatoms. The number of tetrazole rings is 1. The number of para-hydroxylation sites is 1. The van der Waals surface area contributed by atoms with E-state index in [2.05, 4.69) is 15.0 Å². The Balaban J connectivity index is 1.54. The molecule has 0 spiro atoms. The van der Waals surface area contributed by atoms with Crippen LogP contribution in [0, 0.1) is 5.41 Å². The molecule has 0 aliphatic carbocycles. The Labute approximate surface area is 404 Å². The first-order valence-electron chi connectivity index (χ1n) is 21.4. The van der Waals surface area contributed by atoms with Crippen molar-refractivity contribution in [1.82, 2.24) is 34.2 Å². The summed E-state index contributed by atoms with van der Waals surface area (Å²) in [6.45, 7) is 4.02. The molecule has 5 aromatic carbocycles. The van der Waals surface area contributed by atoms with Crippen molar-refractivity contribution in [3.05, 3.63) is 125 Å². The summed E-state index contributed by atoms with van der Waals surface area (Å²) in [4.78, 5) is 16.3. The van der Waals surface area contributed by atoms with Crippen LogP contribution in [-0.2, 0) is 51.0 Å². The fraction of sp³-hybridized carbons (Fsp3) is 0.298. The summed E-state index contributed by atoms with van der Waals surface area (Å²) in [5, 5.41) is 25.5. The first kappa shape index (κ1) is 50.3. The average molecular weight is 1000 g/mol. The molecule has 7 aromatic rings. The summed E-state index contributed by atoms with van der Waals surface area (Å²) in [5.41, 5.74) is 13.0. The van der Waals surface area contributed by atoms with Gasteiger partial charge in [0.1, 0.15) is 44.8 Å². The lowest BCUT2D eigenvalue weighted by Gasteiger charge is -2.35. The number of fused-ring (bicyclic) bond motifs is 1. The highest BCUT2D eigenvalue weighted by molar-refractivity contribution is 7.92. The minimum Gasteiger partial charge on any atom is -0.497 e. The first-order chi connectivity index (χ1) is 32.8. The van der Waals surface area contributed by atoms with Crippen LogP contribution in [0.2, 0.25) is 0 Å². The van der Waals surface area contributed by atoms with Gasteiger partial charge in [-0.05, 0) is 81.4 Å². The maximum Gasteiger partial charge on any atom is 0.404 e. The maximum absolute atomic E-state index is 16.2. The highest BCUT2D eigenvalue weighted by Gasteiger charge is 2.41. The number of nitrogens with one attached hydrogen (secondary N) is 1. The van der Waals surface area contributed by atoms with Gasteiger partial charge in [0.15, 0.2) is 0 Å². The zero-order valence-corrected chi connectivity index (χ0v) is 41.1. The number of aliphatic hydroxyl groups excluding tert-OH is 1. The van der Waals surface area contributed by atoms with Crippen LogP contribution in [0.15, 0.2) is 113 Å². The Kier molecular flexibility index (Phi) is 15.3. The van der Waals surface area contributed by atoms with E-state index in [0.29, 0.717) is 44.5 Å². The van der Waals surface area contributed by atoms with E-state index in [9.17, 15) is 9.90 Å². The number of carbonyl (C=O) groups is 1. The number of thiazole rings is 1. The van der Waals surface area contributed by atoms with Gasteiger partial charge in [-0.25, -0.2) is 31.3 Å². The molecule has 7 rings (SSSR count). The second kappa shape index (κ2) is 21.0. The van der Waals surface area contributed by atoms with Crippen LogP contribution in [0.3, 0.4) is 0 Å². The predicted molar refractivity (Wildman–Crippen MR) is 259 cm³/mol. The van der Waals surface area contributed by atoms with Crippen molar-refractivity contribution in [3.63, 3.8) is 0 Å². The maximum atomic E-state index is 16.2. The molecule has 0 bridgehead atoms. The van der Waals surface area contributed by atoms with E-state index < -0.39 is 60.1 Å². The van der Waals surface area contributed by atoms with Crippen molar-refractivity contribution < 1.29 is 45.7 Å². The van der Waals surface area contributed by atoms with E-state index in [0.717, 1.165) is 14.6 Å². The molecule has 0 aliphatic heterocycles. The molecule has 69 heavy (non-hydrogen) atoms. The van der Waals surface area contributed by atoms with Crippen LogP contribution in [0.1, 0.15) is 42.5 Å². The summed E-state index contributed by atoms with van der Waals surface area (Å²) < 4.78 is 88.5. The molecule has 2 aromatic heterocycles. The number of amides is 1. The van der Waals surface area contributed by atoms with Crippen LogP contribution < -0.4 is 30.4 Å². The van der Waals surface area contributed by atoms with Gasteiger partial charge in [-0.2, -0.15) is 9.10 Å². The van der Waals surface area contributed by atoms with Crippen molar-refractivity contribution in [1.29, 1.82) is 0 Å². The minimum absolute atomic E-state index is 0.0923. The molecule has 2 heterocycles. The molecule has 0 saturated heterocycles. The Morgan fingerprint density at radius 1 is 0.812 bits per heavy atom. The van der Waals surface area contributed by atoms with Crippen molar-refractivity contribution in [2.24, 2.45) is 16.9 Å². The molecule has 0 radical (unpaired) electrons. The van der Waals surface area contributed by atoms with Gasteiger partial charge >= 0.3 is 6.09 Å². The van der Waals surface area contributed by atoms with Crippen LogP contribution in [-0.4, -0.2) is 97.6 Å². The lowest BCUT2D eigenvalue weighted by atomic mass is 9.84. The molecule has 2 atom stereocenters. The van der Waals surface area contributed by atoms with E-state index in [1.165, 1.54) is 42.5 Å². The molecular formula is C47H53N9O10S3. The number of ether oxygens (including phenoxy) is 4. The molecular weight excluding hydrogens is 947 g/mol. The van der Waals surface area contributed by atoms with Crippen molar-refractivity contribution in [2.45, 2.75) is 68.9 Å². The van der Waals surface area contributed by atoms with Gasteiger partial charge in [-0.3, -0.25) is 0 Å². The highest BCUT2D eigenvalue weighted by Crippen LogP contribution is 2.44. The number of carbonyl (C=O) groups excluding carboxylic acids is 1. The summed E-state index contributed by atoms with van der Waals surface area (Å²) in [6, 6.07) is 27.4. The second-order valence-electron chi connectivity index (χ2n) is 16.9. The Bertz CT molecular complexity index is 3090. The van der Waals surface area contributed by atoms with Crippen LogP contribution in [0.25, 0.3) is 32.7 Å². The lowest BCUT2D eigenvalue weighted by Crippen LogP contribution is -2.53. The van der Waals surface area contributed by atoms with E-state index in [1.807, 2.05) is 18.2 Å². The molecule has 1 amide bonds. The minimum atomic E-state index is -5.04. The number of primary amides is 1. The van der Waals surface area contributed by atoms with E-state index in [-0.39, 0.29) is 43.1 Å². The van der Waals surface area contributed by atoms with Gasteiger partial charge < -0.3 is 35.5 Å². The topological polar surface area (TPSA) is 266 Å². The summed E-state index contributed by atoms with van der Waals surface area (Å²) in [7, 11) is -5.47. The number of rotatable bonds is 20. The number of aromatic nitrogens is 5. The molecule has 0 fully saturated rings. The van der Waals surface area contributed by atoms with Gasteiger partial charge in [0.25, 0.3) is 0 Å². The largest absolute Gasteiger partial charge is 0.497 e. The third-order valence-electron chi connectivity index (χ3n) is 11.1. The number of hydrogen-bond donors (Lipinski definition) is 4. The van der Waals surface area contributed by atoms with Gasteiger partial charge in [0, 0.05) is 25.2 Å². The Morgan fingerprint density at radius 3 is 1.90 bits per heavy atom. The summed E-state index contributed by atoms with van der Waals surface area (Å²) >= 11 is 1.36. The van der Waals surface area contributed by atoms with Gasteiger partial charge in [0.2, 0.25) is 25.9 Å². The monoisotopic (exact) mass is 999 g/mol. The highest BCUT2D eigenvalue weighted by atomic mass is 32.2. The van der Waals surface area contributed by atoms with Crippen molar-refractivity contribution >= 4 is 47.7 Å². The number of nitrogens with zero attached hydrogens (tertiary/aromatic N) is 6. The third-order valence-corrected chi connectivity index (χ3v) is 15.7. The molecule has 0 unspecified atom stereocenters. The number of benzene rings is 5. The summed E-state index contributed by atoms with van der Waals surface area (Å²) in [5.74, 6) is 1.47. The van der Waals surface area contributed by atoms with E-state index >= 15 is 16.8 Å². The smallest absolute Gasteiger partial charge is 0.404 e. The first-order valence-corrected chi connectivity index (χ1v) is 25.1. The van der Waals surface area contributed by atoms with Crippen LogP contribution in [0.5, 0.6) is 17.2 Å². The lowest BCUT2D eigenvalue weighted by molar-refractivity contribution is 0.0253. The Morgan fingerprint density at radius 2 is 1.38 bits per heavy atom. The van der Waals surface area contributed by atoms with Gasteiger partial charge in [-0.15, -0.1) is 21.5 Å². The molecule has 6 N–H and O–H groups in total. The normalized spacial score (nSPS) is 13.1. The SMILES string of the molecule is COc1ccc(CN(Cc2ccc(OC)cc2)S(=O)(=O)c2c(S(=O)(=O)N[C@H]([C@H](O)COC(N)=O)C(C)(C)C)ccc(-c3cccc4sc(CN)nc34)c2-c2nnn(Cc3ccc(OC)cc3)n2)cc1. The van der Waals surface area contributed by atoms with Gasteiger partial charge in [-0.1, -0.05) is 75.4 Å². The summed E-state index contributed by atoms with van der Waals surface area (Å²) in [6.07, 6.45) is -2.82. The number of aliphatic hydroxyl groups is 1. The average Bonchev–Trinajstić information content (AvgIpc) is 3.99. The van der Waals surface area contributed by atoms with Crippen molar-refractivity contribution in [2.75, 3.05) is 27.9 Å². The fourth-order valence-electron chi connectivity index (χ4n) is 7.63. The van der Waals surface area contributed by atoms with Crippen LogP contribution >= 0.6 is 11.3 Å². The molecule has 19 nitrogen and oxygen atoms in total. The number of nitrogens with two attached hydrogens (primary N) is 2. The molecule has 0 saturated carbocycles. The fourth-order valence-corrected chi connectivity index (χ4v) is 12.4. The van der Waals surface area contributed by atoms with E-state index in [4.69, 9.17) is 40.5 Å². The Hall–Kier alpha value is -6.53. The third kappa shape index (κ3) is 11.5. The second-order valence-corrected chi connectivity index (χ2v) is 21.6. The number of sulfonamides is 2. The quantitative estimate of drug-likeness (QED) is 0.0715. The molecule has 364 valence electrons. The zero-order chi connectivity index (χ0) is 49.7. The number of hydrogen-bond acceptors (Lipinski definition) is 16. The predicted octanol–water partition coefficient (Wildman–Crippen LogP) is 5.69. The van der Waals surface area contributed by atoms with Gasteiger partial charge in [0.05, 0.1) is 49.7 Å². The molecule has 0 aliphatic rings. The number of methoxy groups -OCH3 is 3. The van der Waals surface area contributed by atoms with E-state index in [1.54, 1.807) is 101 Å². The van der Waals surface area contributed by atoms with Crippen LogP contribution in [0.4, 0.5) is 4.79 Å². The standard InChI is InChI=1S/C47H53N9O10S3/c1-47(2,3)44(37(57)28-66-46(49)58)53-68(59,60)39-23-22-35(36-8-7-9-38-42(36)50-40(24-48)67-38)41(45-51-54-56(52-45)27-31-14-20-34(65-6)21-15-31)43(39)69(61,62)55(25-29-10-16-32(63-4)17-11-29)26-30-12-18-33(64-5)19-13-30/h7-23,37,44,53,57H,24-28,48H2,1-6H3,(H2,49,58)/t37-,44-/m1/s1. The van der Waals surface area contributed by atoms with Crippen molar-refractivity contribution in [3.8, 4) is 39.8 Å². The zero-order valence-electron chi connectivity index (χ0n) is 38.7.